The van der Waals surface area contributed by atoms with Gasteiger partial charge in [0.1, 0.15) is 4.88 Å². The first-order valence-electron chi connectivity index (χ1n) is 7.17. The number of unbranched alkanes of at least 4 members (excludes halogenated alkanes) is 1. The topological polar surface area (TPSA) is 136 Å². The summed E-state index contributed by atoms with van der Waals surface area (Å²) in [6.45, 7) is 1.43. The van der Waals surface area contributed by atoms with E-state index in [1.807, 2.05) is 0 Å². The highest BCUT2D eigenvalue weighted by Gasteiger charge is 2.32. The molecule has 1 heterocycles. The van der Waals surface area contributed by atoms with Crippen molar-refractivity contribution in [2.75, 3.05) is 20.8 Å². The highest BCUT2D eigenvalue weighted by atomic mass is 32.2. The van der Waals surface area contributed by atoms with E-state index in [0.29, 0.717) is 24.2 Å². The van der Waals surface area contributed by atoms with Crippen LogP contribution >= 0.6 is 11.3 Å². The van der Waals surface area contributed by atoms with E-state index in [4.69, 9.17) is 5.11 Å². The maximum absolute atomic E-state index is 12.5. The molecule has 25 heavy (non-hydrogen) atoms. The summed E-state index contributed by atoms with van der Waals surface area (Å²) < 4.78 is 36.1. The fourth-order valence-electron chi connectivity index (χ4n) is 1.98. The molecule has 2 N–H and O–H groups in total. The van der Waals surface area contributed by atoms with E-state index in [1.165, 1.54) is 6.92 Å². The summed E-state index contributed by atoms with van der Waals surface area (Å²) in [5.74, 6) is -2.60. The van der Waals surface area contributed by atoms with Crippen LogP contribution in [0.15, 0.2) is 4.21 Å². The minimum atomic E-state index is -4.08. The number of esters is 2. The quantitative estimate of drug-likeness (QED) is 0.471. The van der Waals surface area contributed by atoms with E-state index in [9.17, 15) is 22.8 Å². The zero-order valence-corrected chi connectivity index (χ0v) is 15.6. The molecule has 0 spiro atoms. The number of hydrogen-bond donors (Lipinski definition) is 2. The van der Waals surface area contributed by atoms with Crippen LogP contribution in [-0.2, 0) is 24.3 Å². The van der Waals surface area contributed by atoms with Gasteiger partial charge in [-0.15, -0.1) is 11.3 Å². The first-order chi connectivity index (χ1) is 11.7. The maximum Gasteiger partial charge on any atom is 0.348 e. The lowest BCUT2D eigenvalue weighted by Crippen LogP contribution is -2.26. The maximum atomic E-state index is 12.5. The molecule has 0 fully saturated rings. The number of sulfonamides is 1. The van der Waals surface area contributed by atoms with Crippen molar-refractivity contribution in [1.29, 1.82) is 0 Å². The van der Waals surface area contributed by atoms with E-state index < -0.39 is 27.9 Å². The summed E-state index contributed by atoms with van der Waals surface area (Å²) in [7, 11) is -1.83. The van der Waals surface area contributed by atoms with Gasteiger partial charge < -0.3 is 14.6 Å². The van der Waals surface area contributed by atoms with Crippen molar-refractivity contribution in [3.8, 4) is 0 Å². The van der Waals surface area contributed by atoms with Gasteiger partial charge in [-0.05, 0) is 25.3 Å². The third kappa shape index (κ3) is 5.25. The number of hydrogen-bond acceptors (Lipinski definition) is 8. The van der Waals surface area contributed by atoms with Gasteiger partial charge in [0.25, 0.3) is 10.0 Å². The van der Waals surface area contributed by atoms with Gasteiger partial charge in [-0.2, -0.15) is 0 Å². The summed E-state index contributed by atoms with van der Waals surface area (Å²) in [4.78, 5) is 34.1. The number of thiophene rings is 1. The molecule has 0 aromatic carbocycles. The standard InChI is InChI=1S/C14H19NO8S2/c1-8-10(12(18)22-2)14(24-11(8)13(19)23-3)25(20,21)15-7-5-4-6-9(16)17/h15H,4-7H2,1-3H3,(H,16,17). The van der Waals surface area contributed by atoms with E-state index in [0.717, 1.165) is 14.2 Å². The van der Waals surface area contributed by atoms with Crippen LogP contribution in [0, 0.1) is 6.92 Å². The number of methoxy groups -OCH3 is 2. The lowest BCUT2D eigenvalue weighted by atomic mass is 10.2. The molecule has 0 atom stereocenters. The van der Waals surface area contributed by atoms with Crippen molar-refractivity contribution in [3.63, 3.8) is 0 Å². The van der Waals surface area contributed by atoms with Gasteiger partial charge in [0.05, 0.1) is 19.8 Å². The highest BCUT2D eigenvalue weighted by Crippen LogP contribution is 2.33. The molecule has 1 rings (SSSR count). The van der Waals surface area contributed by atoms with Gasteiger partial charge in [0.15, 0.2) is 4.21 Å². The second-order valence-electron chi connectivity index (χ2n) is 4.95. The number of ether oxygens (including phenoxy) is 2. The van der Waals surface area contributed by atoms with Crippen molar-refractivity contribution in [3.05, 3.63) is 16.0 Å². The van der Waals surface area contributed by atoms with Gasteiger partial charge in [0, 0.05) is 13.0 Å². The predicted octanol–water partition coefficient (Wildman–Crippen LogP) is 1.16. The van der Waals surface area contributed by atoms with Gasteiger partial charge in [-0.1, -0.05) is 0 Å². The van der Waals surface area contributed by atoms with Crippen LogP contribution < -0.4 is 4.72 Å². The molecule has 140 valence electrons. The van der Waals surface area contributed by atoms with E-state index in [-0.39, 0.29) is 33.2 Å². The summed E-state index contributed by atoms with van der Waals surface area (Å²) in [5, 5.41) is 8.55. The Morgan fingerprint density at radius 3 is 2.24 bits per heavy atom. The number of nitrogens with one attached hydrogen (secondary N) is 1. The molecule has 0 saturated carbocycles. The Bertz CT molecular complexity index is 766. The molecule has 0 radical (unpaired) electrons. The summed E-state index contributed by atoms with van der Waals surface area (Å²) in [6, 6.07) is 0. The Hall–Kier alpha value is -1.98. The summed E-state index contributed by atoms with van der Waals surface area (Å²) >= 11 is 0.618. The Balaban J connectivity index is 3.10. The molecular weight excluding hydrogens is 374 g/mol. The second-order valence-corrected chi connectivity index (χ2v) is 7.93. The summed E-state index contributed by atoms with van der Waals surface area (Å²) in [5.41, 5.74) is -0.0547. The van der Waals surface area contributed by atoms with Gasteiger partial charge >= 0.3 is 17.9 Å². The third-order valence-electron chi connectivity index (χ3n) is 3.23. The fraction of sp³-hybridized carbons (Fsp3) is 0.500. The molecule has 0 aliphatic heterocycles. The second kappa shape index (κ2) is 8.92. The number of aliphatic carboxylic acids is 1. The van der Waals surface area contributed by atoms with Crippen molar-refractivity contribution in [2.45, 2.75) is 30.4 Å². The minimum Gasteiger partial charge on any atom is -0.481 e. The van der Waals surface area contributed by atoms with Gasteiger partial charge in [-0.3, -0.25) is 4.79 Å². The zero-order valence-electron chi connectivity index (χ0n) is 13.9. The van der Waals surface area contributed by atoms with Crippen LogP contribution in [0.1, 0.15) is 44.9 Å². The SMILES string of the molecule is COC(=O)c1sc(S(=O)(=O)NCCCCC(=O)O)c(C(=O)OC)c1C. The molecule has 11 heteroatoms. The first-order valence-corrected chi connectivity index (χ1v) is 9.47. The smallest absolute Gasteiger partial charge is 0.348 e. The average molecular weight is 393 g/mol. The Morgan fingerprint density at radius 1 is 1.12 bits per heavy atom. The van der Waals surface area contributed by atoms with Crippen LogP contribution in [0.4, 0.5) is 0 Å². The normalized spacial score (nSPS) is 11.2. The van der Waals surface area contributed by atoms with Crippen LogP contribution in [0.25, 0.3) is 0 Å². The number of carbonyl (C=O) groups is 3. The fourth-order valence-corrected chi connectivity index (χ4v) is 4.84. The number of carbonyl (C=O) groups excluding carboxylic acids is 2. The number of rotatable bonds is 9. The van der Waals surface area contributed by atoms with Crippen molar-refractivity contribution >= 4 is 39.3 Å². The summed E-state index contributed by atoms with van der Waals surface area (Å²) in [6.07, 6.45) is 0.547. The molecule has 0 aliphatic rings. The molecule has 0 amide bonds. The Labute approximate surface area is 149 Å². The molecule has 1 aromatic heterocycles. The van der Waals surface area contributed by atoms with Crippen LogP contribution in [0.2, 0.25) is 0 Å². The third-order valence-corrected chi connectivity index (χ3v) is 6.48. The Morgan fingerprint density at radius 2 is 1.72 bits per heavy atom. The van der Waals surface area contributed by atoms with Crippen molar-refractivity contribution in [1.82, 2.24) is 4.72 Å². The molecule has 0 saturated heterocycles. The molecule has 1 aromatic rings. The van der Waals surface area contributed by atoms with Crippen molar-refractivity contribution in [2.24, 2.45) is 0 Å². The van der Waals surface area contributed by atoms with Crippen molar-refractivity contribution < 1.29 is 37.4 Å². The van der Waals surface area contributed by atoms with Gasteiger partial charge in [0.2, 0.25) is 0 Å². The molecular formula is C14H19NO8S2. The first kappa shape index (κ1) is 21.1. The number of carboxylic acid groups (broad SMARTS) is 1. The molecule has 0 aliphatic carbocycles. The lowest BCUT2D eigenvalue weighted by molar-refractivity contribution is -0.137. The highest BCUT2D eigenvalue weighted by molar-refractivity contribution is 7.91. The van der Waals surface area contributed by atoms with E-state index in [2.05, 4.69) is 14.2 Å². The zero-order chi connectivity index (χ0) is 19.2. The Kier molecular flexibility index (Phi) is 7.52. The van der Waals surface area contributed by atoms with Crippen LogP contribution in [0.5, 0.6) is 0 Å². The van der Waals surface area contributed by atoms with E-state index in [1.54, 1.807) is 0 Å². The van der Waals surface area contributed by atoms with E-state index >= 15 is 0 Å². The monoisotopic (exact) mass is 393 g/mol. The van der Waals surface area contributed by atoms with Crippen LogP contribution in [0.3, 0.4) is 0 Å². The largest absolute Gasteiger partial charge is 0.481 e. The predicted molar refractivity (Wildman–Crippen MR) is 88.4 cm³/mol. The minimum absolute atomic E-state index is 0.000725. The molecule has 0 unspecified atom stereocenters. The lowest BCUT2D eigenvalue weighted by Gasteiger charge is -2.07. The average Bonchev–Trinajstić information content (AvgIpc) is 2.91. The van der Waals surface area contributed by atoms with Gasteiger partial charge in [-0.25, -0.2) is 22.7 Å². The number of carboxylic acids is 1. The molecule has 0 bridgehead atoms. The van der Waals surface area contributed by atoms with Crippen LogP contribution in [-0.4, -0.2) is 52.2 Å². The molecule has 9 nitrogen and oxygen atoms in total.